The van der Waals surface area contributed by atoms with Crippen LogP contribution in [0.1, 0.15) is 29.2 Å². The highest BCUT2D eigenvalue weighted by molar-refractivity contribution is 7.80. The lowest BCUT2D eigenvalue weighted by molar-refractivity contribution is 0.0694. The number of aromatic hydroxyl groups is 1. The molecule has 0 bridgehead atoms. The molecule has 1 saturated heterocycles. The van der Waals surface area contributed by atoms with Gasteiger partial charge in [-0.3, -0.25) is 9.69 Å². The molecule has 2 aromatic heterocycles. The van der Waals surface area contributed by atoms with E-state index in [1.165, 1.54) is 13.3 Å². The van der Waals surface area contributed by atoms with Gasteiger partial charge in [0.15, 0.2) is 17.3 Å². The number of carbonyl (C=O) groups is 1. The van der Waals surface area contributed by atoms with Crippen molar-refractivity contribution in [2.75, 3.05) is 44.7 Å². The van der Waals surface area contributed by atoms with Crippen molar-refractivity contribution in [3.8, 4) is 11.6 Å². The van der Waals surface area contributed by atoms with E-state index in [0.717, 1.165) is 29.8 Å². The lowest BCUT2D eigenvalue weighted by Crippen LogP contribution is -2.47. The van der Waals surface area contributed by atoms with Crippen molar-refractivity contribution in [1.82, 2.24) is 14.0 Å². The molecule has 6 rings (SSSR count). The minimum atomic E-state index is -1.35. The van der Waals surface area contributed by atoms with E-state index in [1.54, 1.807) is 9.13 Å². The summed E-state index contributed by atoms with van der Waals surface area (Å²) in [4.78, 5) is 28.9. The minimum Gasteiger partial charge on any atom is -0.493 e. The van der Waals surface area contributed by atoms with Gasteiger partial charge < -0.3 is 34.7 Å². The molecule has 3 heterocycles. The molecule has 1 aliphatic carbocycles. The maximum atomic E-state index is 15.7. The van der Waals surface area contributed by atoms with Crippen molar-refractivity contribution in [1.29, 1.82) is 0 Å². The van der Waals surface area contributed by atoms with Crippen molar-refractivity contribution in [3.05, 3.63) is 58.1 Å². The van der Waals surface area contributed by atoms with Crippen LogP contribution < -0.4 is 20.8 Å². The van der Waals surface area contributed by atoms with E-state index in [4.69, 9.17) is 22.7 Å². The number of pyridine rings is 1. The molecule has 0 radical (unpaired) electrons. The summed E-state index contributed by atoms with van der Waals surface area (Å²) < 4.78 is 24.9. The number of piperazine rings is 1. The van der Waals surface area contributed by atoms with Crippen LogP contribution >= 0.6 is 12.2 Å². The number of rotatable bonds is 8. The lowest BCUT2D eigenvalue weighted by Gasteiger charge is -2.37. The minimum absolute atomic E-state index is 0.00511. The summed E-state index contributed by atoms with van der Waals surface area (Å²) in [6, 6.07) is 8.62. The van der Waals surface area contributed by atoms with E-state index in [0.29, 0.717) is 50.5 Å². The van der Waals surface area contributed by atoms with Gasteiger partial charge in [0.25, 0.3) is 0 Å². The average Bonchev–Trinajstić information content (AvgIpc) is 3.79. The summed E-state index contributed by atoms with van der Waals surface area (Å²) in [6.45, 7) is 3.30. The summed E-state index contributed by atoms with van der Waals surface area (Å²) >= 11 is 4.79. The Balaban J connectivity index is 1.24. The number of anilines is 1. The number of aromatic nitrogens is 2. The highest BCUT2D eigenvalue weighted by atomic mass is 32.1. The van der Waals surface area contributed by atoms with Crippen LogP contribution in [0, 0.1) is 5.82 Å². The van der Waals surface area contributed by atoms with Crippen LogP contribution in [-0.4, -0.2) is 75.2 Å². The molecule has 4 N–H and O–H groups in total. The first-order valence-electron chi connectivity index (χ1n) is 13.9. The second-order valence-electron chi connectivity index (χ2n) is 10.7. The number of benzene rings is 2. The van der Waals surface area contributed by atoms with E-state index < -0.39 is 17.2 Å². The third-order valence-electron chi connectivity index (χ3n) is 8.07. The predicted molar refractivity (Wildman–Crippen MR) is 164 cm³/mol. The standard InChI is InChI=1S/C29H30FN7O5S/c1-42-26-23-18(25(38)19(28(40)41)15-37(23)16-6-7-16)14-20(30)24(26)35-11-8-34(9-12-35)10-13-36-21-5-3-2-4-17(21)22(27(36)39)32-33-29(31)43/h2-5,14-16,39H,6-13H2,1H3,(H2,31,43)(H,40,41). The molecule has 14 heteroatoms. The molecule has 0 amide bonds. The number of carboxylic acid groups (broad SMARTS) is 1. The molecule has 12 nitrogen and oxygen atoms in total. The van der Waals surface area contributed by atoms with Crippen LogP contribution in [0.25, 0.3) is 21.8 Å². The Bertz CT molecular complexity index is 1860. The first-order chi connectivity index (χ1) is 20.7. The van der Waals surface area contributed by atoms with Gasteiger partial charge in [-0.05, 0) is 37.2 Å². The fourth-order valence-corrected chi connectivity index (χ4v) is 5.90. The zero-order valence-electron chi connectivity index (χ0n) is 23.4. The molecule has 2 aliphatic rings. The van der Waals surface area contributed by atoms with Crippen LogP contribution in [0.4, 0.5) is 15.8 Å². The number of halogens is 1. The first-order valence-corrected chi connectivity index (χ1v) is 14.3. The quantitative estimate of drug-likeness (QED) is 0.200. The lowest BCUT2D eigenvalue weighted by atomic mass is 10.1. The number of fused-ring (bicyclic) bond motifs is 2. The van der Waals surface area contributed by atoms with Crippen LogP contribution in [-0.2, 0) is 6.54 Å². The fraction of sp³-hybridized carbons (Fsp3) is 0.345. The van der Waals surface area contributed by atoms with Gasteiger partial charge in [-0.15, -0.1) is 10.2 Å². The van der Waals surface area contributed by atoms with Crippen molar-refractivity contribution in [3.63, 3.8) is 0 Å². The van der Waals surface area contributed by atoms with Crippen LogP contribution in [0.15, 0.2) is 51.6 Å². The number of methoxy groups -OCH3 is 1. The van der Waals surface area contributed by atoms with Gasteiger partial charge in [-0.2, -0.15) is 0 Å². The van der Waals surface area contributed by atoms with Gasteiger partial charge in [-0.1, -0.05) is 18.2 Å². The van der Waals surface area contributed by atoms with E-state index in [-0.39, 0.29) is 39.4 Å². The Kier molecular flexibility index (Phi) is 7.48. The summed E-state index contributed by atoms with van der Waals surface area (Å²) in [5, 5.41) is 28.9. The molecule has 0 atom stereocenters. The Labute approximate surface area is 250 Å². The molecule has 224 valence electrons. The van der Waals surface area contributed by atoms with E-state index >= 15 is 4.39 Å². The van der Waals surface area contributed by atoms with Crippen molar-refractivity contribution >= 4 is 56.5 Å². The van der Waals surface area contributed by atoms with Gasteiger partial charge in [0.05, 0.1) is 23.5 Å². The third kappa shape index (κ3) is 5.16. The topological polar surface area (TPSA) is 151 Å². The molecular weight excluding hydrogens is 577 g/mol. The van der Waals surface area contributed by atoms with Crippen LogP contribution in [0.2, 0.25) is 0 Å². The van der Waals surface area contributed by atoms with E-state index in [2.05, 4.69) is 15.1 Å². The monoisotopic (exact) mass is 607 g/mol. The molecule has 2 fully saturated rings. The van der Waals surface area contributed by atoms with Gasteiger partial charge in [0.2, 0.25) is 16.4 Å². The predicted octanol–water partition coefficient (Wildman–Crippen LogP) is 3.99. The SMILES string of the molecule is COc1c(N2CCN(CCn3c(O)c(N=NC(N)=S)c4ccccc43)CC2)c(F)cc2c(=O)c(C(=O)O)cn(C3CC3)c12. The van der Waals surface area contributed by atoms with Crippen LogP contribution in [0.5, 0.6) is 11.6 Å². The zero-order valence-corrected chi connectivity index (χ0v) is 24.2. The molecule has 1 aliphatic heterocycles. The normalized spacial score (nSPS) is 16.0. The molecule has 0 unspecified atom stereocenters. The second kappa shape index (κ2) is 11.3. The van der Waals surface area contributed by atoms with Crippen molar-refractivity contribution in [2.45, 2.75) is 25.4 Å². The van der Waals surface area contributed by atoms with Crippen LogP contribution in [0.3, 0.4) is 0 Å². The summed E-state index contributed by atoms with van der Waals surface area (Å²) in [7, 11) is 1.43. The van der Waals surface area contributed by atoms with Gasteiger partial charge in [0, 0.05) is 56.9 Å². The highest BCUT2D eigenvalue weighted by Crippen LogP contribution is 2.44. The van der Waals surface area contributed by atoms with Gasteiger partial charge in [-0.25, -0.2) is 9.18 Å². The van der Waals surface area contributed by atoms with E-state index in [9.17, 15) is 19.8 Å². The molecular formula is C29H30FN7O5S. The molecule has 1 saturated carbocycles. The number of nitrogens with zero attached hydrogens (tertiary/aromatic N) is 6. The smallest absolute Gasteiger partial charge is 0.341 e. The molecule has 4 aromatic rings. The average molecular weight is 608 g/mol. The largest absolute Gasteiger partial charge is 0.493 e. The number of carboxylic acids is 1. The Morgan fingerprint density at radius 3 is 2.53 bits per heavy atom. The third-order valence-corrected chi connectivity index (χ3v) is 8.15. The zero-order chi connectivity index (χ0) is 30.4. The summed E-state index contributed by atoms with van der Waals surface area (Å²) in [5.41, 5.74) is 6.10. The van der Waals surface area contributed by atoms with E-state index in [1.807, 2.05) is 29.2 Å². The Morgan fingerprint density at radius 2 is 1.88 bits per heavy atom. The summed E-state index contributed by atoms with van der Waals surface area (Å²) in [6.07, 6.45) is 3.02. The molecule has 43 heavy (non-hydrogen) atoms. The number of para-hydroxylation sites is 1. The first kappa shape index (κ1) is 28.6. The number of ether oxygens (including phenoxy) is 1. The maximum absolute atomic E-state index is 15.7. The molecule has 2 aromatic carbocycles. The number of aromatic carboxylic acids is 1. The Morgan fingerprint density at radius 1 is 1.16 bits per heavy atom. The van der Waals surface area contributed by atoms with Crippen molar-refractivity contribution < 1.29 is 24.1 Å². The molecule has 0 spiro atoms. The summed E-state index contributed by atoms with van der Waals surface area (Å²) in [5.74, 6) is -1.79. The van der Waals surface area contributed by atoms with Crippen molar-refractivity contribution in [2.24, 2.45) is 16.0 Å². The number of hydrogen-bond acceptors (Lipinski definition) is 8. The number of hydrogen-bond donors (Lipinski definition) is 3. The highest BCUT2D eigenvalue weighted by Gasteiger charge is 2.32. The van der Waals surface area contributed by atoms with Gasteiger partial charge >= 0.3 is 5.97 Å². The maximum Gasteiger partial charge on any atom is 0.341 e. The fourth-order valence-electron chi connectivity index (χ4n) is 5.86. The van der Waals surface area contributed by atoms with Gasteiger partial charge in [0.1, 0.15) is 11.3 Å². The number of azo groups is 1. The Hall–Kier alpha value is -4.56. The number of nitrogens with two attached hydrogens (primary N) is 1. The second-order valence-corrected chi connectivity index (χ2v) is 11.1. The number of thiocarbonyl (C=S) groups is 1.